The van der Waals surface area contributed by atoms with Crippen molar-refractivity contribution >= 4 is 17.7 Å². The van der Waals surface area contributed by atoms with E-state index in [4.69, 9.17) is 9.47 Å². The summed E-state index contributed by atoms with van der Waals surface area (Å²) in [5, 5.41) is 0.626. The molecule has 1 unspecified atom stereocenters. The normalized spacial score (nSPS) is 18.8. The van der Waals surface area contributed by atoms with Gasteiger partial charge in [-0.1, -0.05) is 12.1 Å². The van der Waals surface area contributed by atoms with Crippen molar-refractivity contribution in [3.63, 3.8) is 0 Å². The zero-order valence-corrected chi connectivity index (χ0v) is 12.4. The van der Waals surface area contributed by atoms with Gasteiger partial charge in [-0.15, -0.1) is 0 Å². The van der Waals surface area contributed by atoms with Gasteiger partial charge in [-0.3, -0.25) is 4.99 Å². The Kier molecular flexibility index (Phi) is 5.58. The Balaban J connectivity index is 1.80. The van der Waals surface area contributed by atoms with E-state index >= 15 is 0 Å². The third kappa shape index (κ3) is 4.46. The molecular weight excluding hydrogens is 258 g/mol. The SMILES string of the molecule is CCOC1=NCCC(SCc2ccc(OC)cc2)C1. The molecule has 0 spiro atoms. The highest BCUT2D eigenvalue weighted by Crippen LogP contribution is 2.26. The lowest BCUT2D eigenvalue weighted by molar-refractivity contribution is 0.311. The van der Waals surface area contributed by atoms with E-state index in [-0.39, 0.29) is 0 Å². The van der Waals surface area contributed by atoms with Gasteiger partial charge in [0, 0.05) is 24.0 Å². The fraction of sp³-hybridized carbons (Fsp3) is 0.533. The molecule has 0 N–H and O–H groups in total. The third-order valence-electron chi connectivity index (χ3n) is 3.10. The topological polar surface area (TPSA) is 30.8 Å². The Morgan fingerprint density at radius 1 is 1.32 bits per heavy atom. The molecule has 2 rings (SSSR count). The van der Waals surface area contributed by atoms with Gasteiger partial charge in [0.1, 0.15) is 5.75 Å². The number of rotatable bonds is 5. The molecule has 0 amide bonds. The molecule has 0 saturated carbocycles. The summed E-state index contributed by atoms with van der Waals surface area (Å²) in [6.07, 6.45) is 2.12. The maximum absolute atomic E-state index is 5.52. The van der Waals surface area contributed by atoms with Crippen molar-refractivity contribution in [2.24, 2.45) is 4.99 Å². The number of hydrogen-bond acceptors (Lipinski definition) is 4. The molecule has 1 heterocycles. The predicted octanol–water partition coefficient (Wildman–Crippen LogP) is 3.53. The minimum absolute atomic E-state index is 0.626. The van der Waals surface area contributed by atoms with Crippen LogP contribution in [0.4, 0.5) is 0 Å². The first-order valence-electron chi connectivity index (χ1n) is 6.72. The van der Waals surface area contributed by atoms with Gasteiger partial charge in [0.25, 0.3) is 0 Å². The van der Waals surface area contributed by atoms with Crippen molar-refractivity contribution in [2.75, 3.05) is 20.3 Å². The molecule has 0 saturated heterocycles. The highest BCUT2D eigenvalue weighted by Gasteiger charge is 2.17. The van der Waals surface area contributed by atoms with Crippen molar-refractivity contribution < 1.29 is 9.47 Å². The van der Waals surface area contributed by atoms with Gasteiger partial charge in [-0.05, 0) is 31.0 Å². The van der Waals surface area contributed by atoms with E-state index < -0.39 is 0 Å². The van der Waals surface area contributed by atoms with Crippen molar-refractivity contribution in [2.45, 2.75) is 30.8 Å². The Labute approximate surface area is 119 Å². The Bertz CT molecular complexity index is 417. The monoisotopic (exact) mass is 279 g/mol. The minimum Gasteiger partial charge on any atom is -0.497 e. The highest BCUT2D eigenvalue weighted by molar-refractivity contribution is 7.99. The van der Waals surface area contributed by atoms with E-state index in [0.717, 1.165) is 36.8 Å². The summed E-state index contributed by atoms with van der Waals surface area (Å²) in [5.41, 5.74) is 1.34. The van der Waals surface area contributed by atoms with Crippen LogP contribution in [0.3, 0.4) is 0 Å². The number of methoxy groups -OCH3 is 1. The molecule has 19 heavy (non-hydrogen) atoms. The van der Waals surface area contributed by atoms with Gasteiger partial charge in [0.2, 0.25) is 0 Å². The second-order valence-corrected chi connectivity index (χ2v) is 5.77. The molecule has 0 bridgehead atoms. The molecule has 3 nitrogen and oxygen atoms in total. The van der Waals surface area contributed by atoms with Crippen LogP contribution in [0.25, 0.3) is 0 Å². The average molecular weight is 279 g/mol. The first-order valence-corrected chi connectivity index (χ1v) is 7.77. The van der Waals surface area contributed by atoms with Crippen LogP contribution in [0.5, 0.6) is 5.75 Å². The van der Waals surface area contributed by atoms with Gasteiger partial charge in [0.05, 0.1) is 13.7 Å². The van der Waals surface area contributed by atoms with Crippen LogP contribution in [0, 0.1) is 0 Å². The zero-order chi connectivity index (χ0) is 13.5. The third-order valence-corrected chi connectivity index (χ3v) is 4.47. The van der Waals surface area contributed by atoms with Gasteiger partial charge in [-0.25, -0.2) is 0 Å². The lowest BCUT2D eigenvalue weighted by atomic mass is 10.2. The predicted molar refractivity (Wildman–Crippen MR) is 81.2 cm³/mol. The van der Waals surface area contributed by atoms with E-state index in [1.807, 2.05) is 30.8 Å². The summed E-state index contributed by atoms with van der Waals surface area (Å²) in [7, 11) is 1.69. The minimum atomic E-state index is 0.626. The molecule has 0 aromatic heterocycles. The van der Waals surface area contributed by atoms with Crippen molar-refractivity contribution in [1.82, 2.24) is 0 Å². The van der Waals surface area contributed by atoms with E-state index in [0.29, 0.717) is 11.9 Å². The number of benzene rings is 1. The summed E-state index contributed by atoms with van der Waals surface area (Å²) >= 11 is 1.99. The van der Waals surface area contributed by atoms with Crippen LogP contribution >= 0.6 is 11.8 Å². The lowest BCUT2D eigenvalue weighted by Gasteiger charge is -2.21. The highest BCUT2D eigenvalue weighted by atomic mass is 32.2. The first-order chi connectivity index (χ1) is 9.31. The fourth-order valence-electron chi connectivity index (χ4n) is 2.04. The maximum atomic E-state index is 5.52. The van der Waals surface area contributed by atoms with Crippen LogP contribution in [-0.2, 0) is 10.5 Å². The fourth-order valence-corrected chi connectivity index (χ4v) is 3.20. The van der Waals surface area contributed by atoms with Gasteiger partial charge < -0.3 is 9.47 Å². The van der Waals surface area contributed by atoms with E-state index in [9.17, 15) is 0 Å². The van der Waals surface area contributed by atoms with Gasteiger partial charge >= 0.3 is 0 Å². The summed E-state index contributed by atoms with van der Waals surface area (Å²) in [4.78, 5) is 4.41. The van der Waals surface area contributed by atoms with E-state index in [2.05, 4.69) is 17.1 Å². The summed E-state index contributed by atoms with van der Waals surface area (Å²) < 4.78 is 10.7. The molecule has 0 fully saturated rings. The molecule has 4 heteroatoms. The second-order valence-electron chi connectivity index (χ2n) is 4.48. The zero-order valence-electron chi connectivity index (χ0n) is 11.6. The standard InChI is InChI=1S/C15H21NO2S/c1-3-18-15-10-14(8-9-16-15)19-11-12-4-6-13(17-2)7-5-12/h4-7,14H,3,8-11H2,1-2H3. The Hall–Kier alpha value is -1.16. The molecule has 1 aromatic carbocycles. The van der Waals surface area contributed by atoms with Gasteiger partial charge in [0.15, 0.2) is 5.90 Å². The molecule has 1 aromatic rings. The van der Waals surface area contributed by atoms with Crippen LogP contribution in [-0.4, -0.2) is 31.4 Å². The van der Waals surface area contributed by atoms with Crippen LogP contribution in [0.15, 0.2) is 29.3 Å². The number of ether oxygens (including phenoxy) is 2. The summed E-state index contributed by atoms with van der Waals surface area (Å²) in [5.74, 6) is 2.88. The number of hydrogen-bond donors (Lipinski definition) is 0. The van der Waals surface area contributed by atoms with Crippen molar-refractivity contribution in [1.29, 1.82) is 0 Å². The Morgan fingerprint density at radius 3 is 2.79 bits per heavy atom. The van der Waals surface area contributed by atoms with Crippen LogP contribution in [0.1, 0.15) is 25.3 Å². The number of nitrogens with zero attached hydrogens (tertiary/aromatic N) is 1. The summed E-state index contributed by atoms with van der Waals surface area (Å²) in [6.45, 7) is 3.63. The number of thioether (sulfide) groups is 1. The molecule has 104 valence electrons. The quantitative estimate of drug-likeness (QED) is 0.826. The Morgan fingerprint density at radius 2 is 2.11 bits per heavy atom. The first kappa shape index (κ1) is 14.3. The molecule has 0 aliphatic carbocycles. The van der Waals surface area contributed by atoms with Crippen molar-refractivity contribution in [3.8, 4) is 5.75 Å². The molecule has 1 atom stereocenters. The lowest BCUT2D eigenvalue weighted by Crippen LogP contribution is -2.20. The van der Waals surface area contributed by atoms with E-state index in [1.54, 1.807) is 7.11 Å². The largest absolute Gasteiger partial charge is 0.497 e. The van der Waals surface area contributed by atoms with Crippen molar-refractivity contribution in [3.05, 3.63) is 29.8 Å². The average Bonchev–Trinajstić information content (AvgIpc) is 2.46. The van der Waals surface area contributed by atoms with Crippen LogP contribution in [0.2, 0.25) is 0 Å². The number of aliphatic imine (C=N–C) groups is 1. The molecular formula is C15H21NO2S. The molecule has 0 radical (unpaired) electrons. The van der Waals surface area contributed by atoms with Gasteiger partial charge in [-0.2, -0.15) is 11.8 Å². The maximum Gasteiger partial charge on any atom is 0.184 e. The summed E-state index contributed by atoms with van der Waals surface area (Å²) in [6, 6.07) is 8.30. The second kappa shape index (κ2) is 7.43. The molecule has 1 aliphatic rings. The molecule has 1 aliphatic heterocycles. The van der Waals surface area contributed by atoms with Crippen LogP contribution < -0.4 is 4.74 Å². The van der Waals surface area contributed by atoms with E-state index in [1.165, 1.54) is 5.56 Å². The smallest absolute Gasteiger partial charge is 0.184 e.